The summed E-state index contributed by atoms with van der Waals surface area (Å²) in [5.74, 6) is 0.322. The van der Waals surface area contributed by atoms with Crippen molar-refractivity contribution in [1.82, 2.24) is 10.6 Å². The zero-order chi connectivity index (χ0) is 19.7. The SMILES string of the molecule is CC(C)C(C)(C)CNC(=O)CCCCNC(=O)c1ccc(B(O)O)cc1. The Morgan fingerprint density at radius 3 is 2.23 bits per heavy atom. The minimum Gasteiger partial charge on any atom is -0.423 e. The Labute approximate surface area is 156 Å². The van der Waals surface area contributed by atoms with Gasteiger partial charge in [0.1, 0.15) is 0 Å². The van der Waals surface area contributed by atoms with Crippen molar-refractivity contribution in [3.05, 3.63) is 29.8 Å². The summed E-state index contributed by atoms with van der Waals surface area (Å²) in [5, 5.41) is 23.8. The summed E-state index contributed by atoms with van der Waals surface area (Å²) in [6.45, 7) is 9.73. The third-order valence-electron chi connectivity index (χ3n) is 4.89. The molecule has 0 saturated carbocycles. The van der Waals surface area contributed by atoms with Crippen LogP contribution in [0, 0.1) is 11.3 Å². The van der Waals surface area contributed by atoms with Crippen LogP contribution in [-0.2, 0) is 4.79 Å². The van der Waals surface area contributed by atoms with Crippen LogP contribution in [0.4, 0.5) is 0 Å². The van der Waals surface area contributed by atoms with Crippen LogP contribution in [0.3, 0.4) is 0 Å². The first-order valence-electron chi connectivity index (χ1n) is 9.14. The number of unbranched alkanes of at least 4 members (excludes halogenated alkanes) is 1. The van der Waals surface area contributed by atoms with Gasteiger partial charge in [-0.25, -0.2) is 0 Å². The number of rotatable bonds is 10. The predicted octanol–water partition coefficient (Wildman–Crippen LogP) is 1.06. The number of nitrogens with one attached hydrogen (secondary N) is 2. The molecule has 0 heterocycles. The molecule has 0 atom stereocenters. The first kappa shape index (κ1) is 22.2. The summed E-state index contributed by atoms with van der Waals surface area (Å²) in [6.07, 6.45) is 1.89. The molecule has 6 nitrogen and oxygen atoms in total. The van der Waals surface area contributed by atoms with Crippen LogP contribution in [0.1, 0.15) is 57.3 Å². The van der Waals surface area contributed by atoms with E-state index in [4.69, 9.17) is 10.0 Å². The molecule has 0 fully saturated rings. The summed E-state index contributed by atoms with van der Waals surface area (Å²) in [5.41, 5.74) is 0.877. The molecule has 0 bridgehead atoms. The van der Waals surface area contributed by atoms with Gasteiger partial charge in [0, 0.05) is 25.1 Å². The average molecular weight is 362 g/mol. The molecule has 0 unspecified atom stereocenters. The van der Waals surface area contributed by atoms with Crippen molar-refractivity contribution in [1.29, 1.82) is 0 Å². The Kier molecular flexibility index (Phi) is 8.82. The highest BCUT2D eigenvalue weighted by Gasteiger charge is 2.22. The number of hydrogen-bond acceptors (Lipinski definition) is 4. The number of carbonyl (C=O) groups excluding carboxylic acids is 2. The van der Waals surface area contributed by atoms with E-state index in [1.165, 1.54) is 12.1 Å². The zero-order valence-electron chi connectivity index (χ0n) is 16.2. The lowest BCUT2D eigenvalue weighted by molar-refractivity contribution is -0.121. The Morgan fingerprint density at radius 1 is 1.08 bits per heavy atom. The van der Waals surface area contributed by atoms with Gasteiger partial charge in [0.25, 0.3) is 5.91 Å². The van der Waals surface area contributed by atoms with E-state index < -0.39 is 7.12 Å². The normalized spacial score (nSPS) is 11.3. The van der Waals surface area contributed by atoms with Gasteiger partial charge in [0.15, 0.2) is 0 Å². The van der Waals surface area contributed by atoms with Crippen LogP contribution in [0.25, 0.3) is 0 Å². The van der Waals surface area contributed by atoms with Crippen LogP contribution in [0.5, 0.6) is 0 Å². The molecular weight excluding hydrogens is 331 g/mol. The van der Waals surface area contributed by atoms with E-state index in [9.17, 15) is 9.59 Å². The Morgan fingerprint density at radius 2 is 1.69 bits per heavy atom. The second-order valence-electron chi connectivity index (χ2n) is 7.63. The van der Waals surface area contributed by atoms with E-state index in [0.29, 0.717) is 42.9 Å². The molecule has 0 aliphatic rings. The van der Waals surface area contributed by atoms with Crippen LogP contribution >= 0.6 is 0 Å². The van der Waals surface area contributed by atoms with Gasteiger partial charge in [-0.05, 0) is 41.8 Å². The topological polar surface area (TPSA) is 98.7 Å². The van der Waals surface area contributed by atoms with E-state index in [1.807, 2.05) is 0 Å². The summed E-state index contributed by atoms with van der Waals surface area (Å²) in [6, 6.07) is 6.10. The summed E-state index contributed by atoms with van der Waals surface area (Å²) >= 11 is 0. The molecule has 144 valence electrons. The highest BCUT2D eigenvalue weighted by molar-refractivity contribution is 6.58. The third kappa shape index (κ3) is 7.58. The molecule has 1 rings (SSSR count). The second kappa shape index (κ2) is 10.3. The van der Waals surface area contributed by atoms with Crippen LogP contribution in [-0.4, -0.2) is 42.1 Å². The van der Waals surface area contributed by atoms with Crippen molar-refractivity contribution in [2.24, 2.45) is 11.3 Å². The molecule has 1 aromatic carbocycles. The summed E-state index contributed by atoms with van der Waals surface area (Å²) in [7, 11) is -1.54. The zero-order valence-corrected chi connectivity index (χ0v) is 16.2. The van der Waals surface area contributed by atoms with Crippen LogP contribution in [0.2, 0.25) is 0 Å². The summed E-state index contributed by atoms with van der Waals surface area (Å²) in [4.78, 5) is 23.9. The smallest absolute Gasteiger partial charge is 0.423 e. The van der Waals surface area contributed by atoms with Crippen molar-refractivity contribution in [3.8, 4) is 0 Å². The first-order valence-corrected chi connectivity index (χ1v) is 9.14. The minimum atomic E-state index is -1.54. The third-order valence-corrected chi connectivity index (χ3v) is 4.89. The van der Waals surface area contributed by atoms with Gasteiger partial charge in [-0.1, -0.05) is 39.8 Å². The molecule has 0 saturated heterocycles. The molecule has 1 aromatic rings. The van der Waals surface area contributed by atoms with Gasteiger partial charge < -0.3 is 20.7 Å². The average Bonchev–Trinajstić information content (AvgIpc) is 2.59. The molecule has 4 N–H and O–H groups in total. The van der Waals surface area contributed by atoms with Gasteiger partial charge in [-0.3, -0.25) is 9.59 Å². The number of carbonyl (C=O) groups is 2. The highest BCUT2D eigenvalue weighted by Crippen LogP contribution is 2.24. The highest BCUT2D eigenvalue weighted by atomic mass is 16.4. The largest absolute Gasteiger partial charge is 0.488 e. The molecule has 0 aromatic heterocycles. The fourth-order valence-corrected chi connectivity index (χ4v) is 2.14. The quantitative estimate of drug-likeness (QED) is 0.370. The summed E-state index contributed by atoms with van der Waals surface area (Å²) < 4.78 is 0. The Hall–Kier alpha value is -1.86. The van der Waals surface area contributed by atoms with Gasteiger partial charge in [0.2, 0.25) is 5.91 Å². The first-order chi connectivity index (χ1) is 12.1. The van der Waals surface area contributed by atoms with Gasteiger partial charge >= 0.3 is 7.12 Å². The van der Waals surface area contributed by atoms with E-state index >= 15 is 0 Å². The molecule has 26 heavy (non-hydrogen) atoms. The molecule has 0 aliphatic heterocycles. The lowest BCUT2D eigenvalue weighted by atomic mass is 9.80. The predicted molar refractivity (Wildman–Crippen MR) is 104 cm³/mol. The van der Waals surface area contributed by atoms with E-state index in [2.05, 4.69) is 38.3 Å². The fraction of sp³-hybridized carbons (Fsp3) is 0.579. The Balaban J connectivity index is 2.22. The number of amides is 2. The maximum absolute atomic E-state index is 12.0. The molecular formula is C19H31BN2O4. The maximum atomic E-state index is 12.0. The number of benzene rings is 1. The minimum absolute atomic E-state index is 0.0446. The van der Waals surface area contributed by atoms with Crippen molar-refractivity contribution in [2.45, 2.75) is 47.0 Å². The van der Waals surface area contributed by atoms with Crippen molar-refractivity contribution in [2.75, 3.05) is 13.1 Å². The molecule has 0 aliphatic carbocycles. The molecule has 0 radical (unpaired) electrons. The second-order valence-corrected chi connectivity index (χ2v) is 7.63. The van der Waals surface area contributed by atoms with Gasteiger partial charge in [-0.2, -0.15) is 0 Å². The number of hydrogen-bond donors (Lipinski definition) is 4. The van der Waals surface area contributed by atoms with E-state index in [-0.39, 0.29) is 17.2 Å². The molecule has 7 heteroatoms. The lowest BCUT2D eigenvalue weighted by Crippen LogP contribution is -2.36. The van der Waals surface area contributed by atoms with Crippen molar-refractivity contribution in [3.63, 3.8) is 0 Å². The monoisotopic (exact) mass is 362 g/mol. The standard InChI is InChI=1S/C19H31BN2O4/c1-14(2)19(3,4)13-22-17(23)7-5-6-12-21-18(24)15-8-10-16(11-9-15)20(25)26/h8-11,14,25-26H,5-7,12-13H2,1-4H3,(H,21,24)(H,22,23). The van der Waals surface area contributed by atoms with Crippen molar-refractivity contribution < 1.29 is 19.6 Å². The Bertz CT molecular complexity index is 586. The van der Waals surface area contributed by atoms with Crippen molar-refractivity contribution >= 4 is 24.4 Å². The van der Waals surface area contributed by atoms with Crippen LogP contribution < -0.4 is 16.1 Å². The fourth-order valence-electron chi connectivity index (χ4n) is 2.14. The van der Waals surface area contributed by atoms with Gasteiger partial charge in [-0.15, -0.1) is 0 Å². The molecule has 0 spiro atoms. The van der Waals surface area contributed by atoms with Gasteiger partial charge in [0.05, 0.1) is 0 Å². The maximum Gasteiger partial charge on any atom is 0.488 e. The van der Waals surface area contributed by atoms with Crippen LogP contribution in [0.15, 0.2) is 24.3 Å². The van der Waals surface area contributed by atoms with E-state index in [1.54, 1.807) is 12.1 Å². The lowest BCUT2D eigenvalue weighted by Gasteiger charge is -2.29. The molecule has 2 amide bonds. The van der Waals surface area contributed by atoms with E-state index in [0.717, 1.165) is 6.42 Å².